The number of esters is 1. The fourth-order valence-corrected chi connectivity index (χ4v) is 6.91. The summed E-state index contributed by atoms with van der Waals surface area (Å²) >= 11 is 0. The van der Waals surface area contributed by atoms with Crippen LogP contribution in [-0.2, 0) is 14.3 Å². The van der Waals surface area contributed by atoms with Crippen LogP contribution in [-0.4, -0.2) is 28.9 Å². The molecule has 4 nitrogen and oxygen atoms in total. The molecule has 0 bridgehead atoms. The fourth-order valence-electron chi connectivity index (χ4n) is 6.91. The van der Waals surface area contributed by atoms with Crippen molar-refractivity contribution in [3.05, 3.63) is 23.0 Å². The number of carbonyl (C=O) groups excluding carboxylic acids is 1. The van der Waals surface area contributed by atoms with E-state index in [1.807, 2.05) is 6.92 Å². The van der Waals surface area contributed by atoms with Gasteiger partial charge in [-0.25, -0.2) is 4.79 Å². The number of aliphatic hydroxyl groups is 1. The van der Waals surface area contributed by atoms with Gasteiger partial charge in [0.1, 0.15) is 17.5 Å². The van der Waals surface area contributed by atoms with Gasteiger partial charge in [-0.1, -0.05) is 20.8 Å². The highest BCUT2D eigenvalue weighted by atomic mass is 16.6. The van der Waals surface area contributed by atoms with Crippen molar-refractivity contribution in [1.29, 1.82) is 0 Å². The molecule has 0 aromatic carbocycles. The number of hydrogen-bond donors (Lipinski definition) is 1. The summed E-state index contributed by atoms with van der Waals surface area (Å²) in [5.41, 5.74) is 1.61. The maximum absolute atomic E-state index is 12.1. The summed E-state index contributed by atoms with van der Waals surface area (Å²) in [6.07, 6.45) is 6.96. The molecule has 1 N–H and O–H groups in total. The number of hydrogen-bond acceptors (Lipinski definition) is 4. The summed E-state index contributed by atoms with van der Waals surface area (Å²) in [7, 11) is 0. The smallest absolute Gasteiger partial charge is 0.339 e. The highest BCUT2D eigenvalue weighted by Gasteiger charge is 2.74. The third kappa shape index (κ3) is 1.69. The summed E-state index contributed by atoms with van der Waals surface area (Å²) < 4.78 is 11.9. The molecule has 0 aromatic rings. The maximum Gasteiger partial charge on any atom is 0.339 e. The Balaban J connectivity index is 1.62. The van der Waals surface area contributed by atoms with E-state index in [-0.39, 0.29) is 40.5 Å². The number of aliphatic hydroxyl groups excluding tert-OH is 1. The molecule has 0 radical (unpaired) electrons. The average Bonchev–Trinajstić information content (AvgIpc) is 3.23. The summed E-state index contributed by atoms with van der Waals surface area (Å²) in [6, 6.07) is 0. The zero-order valence-electron chi connectivity index (χ0n) is 15.6. The Morgan fingerprint density at radius 3 is 2.76 bits per heavy atom. The van der Waals surface area contributed by atoms with E-state index in [9.17, 15) is 9.90 Å². The Morgan fingerprint density at radius 2 is 2.04 bits per heavy atom. The standard InChI is InChI=1S/C21H28O4/c1-5-19(3)13-6-9-21-14(20(13,4)8-7-15(19)22)10-12-16(17(21)25-21)11(2)18(23)24-12/h10,13-15,17,22H,5-9H2,1-4H3/t13-,14+,15-,17-,19+,20-,21?/m1/s1. The van der Waals surface area contributed by atoms with Crippen LogP contribution in [0, 0.1) is 22.7 Å². The van der Waals surface area contributed by atoms with Crippen molar-refractivity contribution >= 4 is 5.97 Å². The van der Waals surface area contributed by atoms with Gasteiger partial charge in [0.25, 0.3) is 0 Å². The van der Waals surface area contributed by atoms with Crippen LogP contribution in [0.25, 0.3) is 0 Å². The van der Waals surface area contributed by atoms with Gasteiger partial charge in [-0.05, 0) is 61.9 Å². The van der Waals surface area contributed by atoms with Crippen molar-refractivity contribution in [1.82, 2.24) is 0 Å². The minimum absolute atomic E-state index is 0.0291. The molecule has 1 spiro atoms. The molecular weight excluding hydrogens is 316 g/mol. The minimum atomic E-state index is -0.223. The predicted molar refractivity (Wildman–Crippen MR) is 92.4 cm³/mol. The monoisotopic (exact) mass is 344 g/mol. The van der Waals surface area contributed by atoms with Crippen LogP contribution in [0.2, 0.25) is 0 Å². The number of fused-ring (bicyclic) bond motifs is 4. The summed E-state index contributed by atoms with van der Waals surface area (Å²) in [5.74, 6) is 1.26. The molecule has 3 aliphatic carbocycles. The van der Waals surface area contributed by atoms with Crippen molar-refractivity contribution in [2.75, 3.05) is 0 Å². The quantitative estimate of drug-likeness (QED) is 0.584. The minimum Gasteiger partial charge on any atom is -0.423 e. The first kappa shape index (κ1) is 16.1. The molecule has 7 atom stereocenters. The van der Waals surface area contributed by atoms with E-state index in [0.29, 0.717) is 5.92 Å². The number of epoxide rings is 1. The lowest BCUT2D eigenvalue weighted by Gasteiger charge is -2.61. The fraction of sp³-hybridized carbons (Fsp3) is 0.762. The molecular formula is C21H28O4. The van der Waals surface area contributed by atoms with Crippen LogP contribution >= 0.6 is 0 Å². The Bertz CT molecular complexity index is 736. The normalized spacial score (nSPS) is 53.3. The molecule has 5 rings (SSSR count). The topological polar surface area (TPSA) is 59.1 Å². The molecule has 136 valence electrons. The third-order valence-corrected chi connectivity index (χ3v) is 8.61. The van der Waals surface area contributed by atoms with Crippen LogP contribution in [0.3, 0.4) is 0 Å². The van der Waals surface area contributed by atoms with Gasteiger partial charge >= 0.3 is 5.97 Å². The summed E-state index contributed by atoms with van der Waals surface area (Å²) in [4.78, 5) is 12.1. The van der Waals surface area contributed by atoms with Crippen LogP contribution in [0.5, 0.6) is 0 Å². The van der Waals surface area contributed by atoms with E-state index in [1.165, 1.54) is 0 Å². The van der Waals surface area contributed by atoms with Crippen LogP contribution in [0.4, 0.5) is 0 Å². The maximum atomic E-state index is 12.1. The summed E-state index contributed by atoms with van der Waals surface area (Å²) in [6.45, 7) is 8.71. The SMILES string of the molecule is CC[C@@]1(C)[C@H]2CCC34O[C@@H]3C3=C(C)C(=O)OC3=C[C@H]4[C@]2(C)CC[C@H]1O. The van der Waals surface area contributed by atoms with Gasteiger partial charge in [0, 0.05) is 17.1 Å². The van der Waals surface area contributed by atoms with E-state index in [1.54, 1.807) is 0 Å². The second-order valence-electron chi connectivity index (χ2n) is 9.40. The number of ether oxygens (including phenoxy) is 2. The van der Waals surface area contributed by atoms with Gasteiger partial charge in [-0.2, -0.15) is 0 Å². The molecule has 2 saturated carbocycles. The van der Waals surface area contributed by atoms with E-state index in [0.717, 1.165) is 49.0 Å². The highest BCUT2D eigenvalue weighted by Crippen LogP contribution is 2.71. The molecule has 1 unspecified atom stereocenters. The van der Waals surface area contributed by atoms with Crippen molar-refractivity contribution in [2.24, 2.45) is 22.7 Å². The number of rotatable bonds is 1. The van der Waals surface area contributed by atoms with Gasteiger partial charge in [0.2, 0.25) is 0 Å². The first-order valence-electron chi connectivity index (χ1n) is 9.79. The third-order valence-electron chi connectivity index (χ3n) is 8.61. The molecule has 4 heteroatoms. The number of carbonyl (C=O) groups is 1. The predicted octanol–water partition coefficient (Wildman–Crippen LogP) is 3.50. The molecule has 5 aliphatic rings. The molecule has 2 aliphatic heterocycles. The van der Waals surface area contributed by atoms with Crippen molar-refractivity contribution in [3.63, 3.8) is 0 Å². The second kappa shape index (κ2) is 4.58. The van der Waals surface area contributed by atoms with Crippen LogP contribution < -0.4 is 0 Å². The van der Waals surface area contributed by atoms with Gasteiger partial charge < -0.3 is 14.6 Å². The molecule has 1 saturated heterocycles. The van der Waals surface area contributed by atoms with E-state index in [4.69, 9.17) is 9.47 Å². The molecule has 2 heterocycles. The van der Waals surface area contributed by atoms with Crippen molar-refractivity contribution in [3.8, 4) is 0 Å². The lowest BCUT2D eigenvalue weighted by Crippen LogP contribution is -2.59. The Labute approximate surface area is 149 Å². The van der Waals surface area contributed by atoms with E-state index < -0.39 is 0 Å². The Hall–Kier alpha value is -1.13. The zero-order chi connectivity index (χ0) is 17.8. The first-order valence-corrected chi connectivity index (χ1v) is 9.79. The van der Waals surface area contributed by atoms with Gasteiger partial charge in [0.05, 0.1) is 6.10 Å². The summed E-state index contributed by atoms with van der Waals surface area (Å²) in [5, 5.41) is 10.7. The Morgan fingerprint density at radius 1 is 1.28 bits per heavy atom. The Kier molecular flexibility index (Phi) is 2.94. The van der Waals surface area contributed by atoms with Gasteiger partial charge in [-0.15, -0.1) is 0 Å². The molecule has 3 fully saturated rings. The van der Waals surface area contributed by atoms with Crippen LogP contribution in [0.15, 0.2) is 23.0 Å². The van der Waals surface area contributed by atoms with Crippen LogP contribution in [0.1, 0.15) is 59.8 Å². The average molecular weight is 344 g/mol. The van der Waals surface area contributed by atoms with Crippen molar-refractivity contribution in [2.45, 2.75) is 77.6 Å². The van der Waals surface area contributed by atoms with E-state index in [2.05, 4.69) is 26.8 Å². The largest absolute Gasteiger partial charge is 0.423 e. The molecule has 25 heavy (non-hydrogen) atoms. The first-order chi connectivity index (χ1) is 11.8. The molecule has 0 aromatic heterocycles. The molecule has 0 amide bonds. The van der Waals surface area contributed by atoms with Crippen molar-refractivity contribution < 1.29 is 19.4 Å². The van der Waals surface area contributed by atoms with Gasteiger partial charge in [0.15, 0.2) is 0 Å². The van der Waals surface area contributed by atoms with Gasteiger partial charge in [-0.3, -0.25) is 0 Å². The second-order valence-corrected chi connectivity index (χ2v) is 9.40. The lowest BCUT2D eigenvalue weighted by atomic mass is 9.43. The van der Waals surface area contributed by atoms with E-state index >= 15 is 0 Å². The lowest BCUT2D eigenvalue weighted by molar-refractivity contribution is -0.154. The zero-order valence-corrected chi connectivity index (χ0v) is 15.6. The highest BCUT2D eigenvalue weighted by molar-refractivity contribution is 5.94.